The van der Waals surface area contributed by atoms with E-state index in [1.807, 2.05) is 41.5 Å². The molecule has 3 rings (SSSR count). The van der Waals surface area contributed by atoms with Crippen molar-refractivity contribution in [1.29, 1.82) is 0 Å². The van der Waals surface area contributed by atoms with Crippen molar-refractivity contribution in [3.63, 3.8) is 0 Å². The Morgan fingerprint density at radius 1 is 1.03 bits per heavy atom. The average Bonchev–Trinajstić information content (AvgIpc) is 3.01. The van der Waals surface area contributed by atoms with Gasteiger partial charge in [0.2, 0.25) is 0 Å². The van der Waals surface area contributed by atoms with Gasteiger partial charge >= 0.3 is 11.9 Å². The molecule has 1 saturated heterocycles. The zero-order valence-electron chi connectivity index (χ0n) is 19.6. The quantitative estimate of drug-likeness (QED) is 0.371. The van der Waals surface area contributed by atoms with Crippen LogP contribution in [-0.2, 0) is 14.3 Å². The molecule has 10 heteroatoms. The van der Waals surface area contributed by atoms with Gasteiger partial charge in [-0.25, -0.2) is 14.8 Å². The fourth-order valence-corrected chi connectivity index (χ4v) is 4.99. The Hall–Kier alpha value is -2.07. The first-order chi connectivity index (χ1) is 14.8. The molecule has 1 aliphatic rings. The smallest absolute Gasteiger partial charge is 0.351 e. The summed E-state index contributed by atoms with van der Waals surface area (Å²) in [6.45, 7) is 12.7. The van der Waals surface area contributed by atoms with E-state index < -0.39 is 17.2 Å². The fraction of sp³-hybridized carbons (Fsp3) is 0.636. The molecule has 0 atom stereocenters. The summed E-state index contributed by atoms with van der Waals surface area (Å²) in [5.41, 5.74) is 5.60. The van der Waals surface area contributed by atoms with Gasteiger partial charge in [0.15, 0.2) is 5.16 Å². The average molecular weight is 481 g/mol. The van der Waals surface area contributed by atoms with Crippen LogP contribution < -0.4 is 10.6 Å². The van der Waals surface area contributed by atoms with Crippen molar-refractivity contribution in [3.05, 3.63) is 4.88 Å². The largest absolute Gasteiger partial charge is 0.459 e. The third-order valence-corrected chi connectivity index (χ3v) is 6.43. The summed E-state index contributed by atoms with van der Waals surface area (Å²) in [6.07, 6.45) is 3.30. The van der Waals surface area contributed by atoms with E-state index in [0.717, 1.165) is 25.9 Å². The van der Waals surface area contributed by atoms with Crippen LogP contribution in [0.3, 0.4) is 0 Å². The van der Waals surface area contributed by atoms with Gasteiger partial charge in [-0.05, 0) is 60.8 Å². The fourth-order valence-electron chi connectivity index (χ4n) is 3.35. The van der Waals surface area contributed by atoms with Crippen LogP contribution in [-0.4, -0.2) is 52.0 Å². The molecular formula is C22H32N4O4S2. The van der Waals surface area contributed by atoms with Gasteiger partial charge in [-0.1, -0.05) is 11.8 Å². The molecule has 1 aliphatic heterocycles. The summed E-state index contributed by atoms with van der Waals surface area (Å²) in [5.74, 6) is 0.0171. The molecule has 3 heterocycles. The van der Waals surface area contributed by atoms with Gasteiger partial charge in [0, 0.05) is 13.1 Å². The zero-order chi connectivity index (χ0) is 23.7. The molecule has 0 aromatic carbocycles. The molecule has 2 aromatic rings. The molecule has 0 saturated carbocycles. The highest BCUT2D eigenvalue weighted by Gasteiger charge is 2.28. The molecule has 8 nitrogen and oxygen atoms in total. The highest BCUT2D eigenvalue weighted by molar-refractivity contribution is 7.99. The molecule has 0 amide bonds. The van der Waals surface area contributed by atoms with Crippen molar-refractivity contribution in [2.75, 3.05) is 29.5 Å². The molecular weight excluding hydrogens is 448 g/mol. The third kappa shape index (κ3) is 6.25. The number of ether oxygens (including phenoxy) is 2. The molecule has 1 fully saturated rings. The Balaban J connectivity index is 1.97. The third-order valence-electron chi connectivity index (χ3n) is 4.53. The first-order valence-corrected chi connectivity index (χ1v) is 12.6. The number of thiophene rings is 1. The molecule has 0 aliphatic carbocycles. The zero-order valence-corrected chi connectivity index (χ0v) is 21.2. The predicted octanol–water partition coefficient (Wildman–Crippen LogP) is 4.65. The van der Waals surface area contributed by atoms with Crippen molar-refractivity contribution in [2.45, 2.75) is 77.2 Å². The maximum Gasteiger partial charge on any atom is 0.351 e. The number of nitrogens with zero attached hydrogens (tertiary/aromatic N) is 3. The SMILES string of the molecule is CC(C)(C)OC(=O)CSc1nc(N2CCCCC2)c2c(N)c(C(=O)OC(C)(C)C)sc2n1. The first kappa shape index (κ1) is 24.6. The van der Waals surface area contributed by atoms with E-state index in [1.165, 1.54) is 29.5 Å². The van der Waals surface area contributed by atoms with Crippen LogP contribution >= 0.6 is 23.1 Å². The number of thioether (sulfide) groups is 1. The number of carbonyl (C=O) groups excluding carboxylic acids is 2. The van der Waals surface area contributed by atoms with Crippen LogP contribution in [0.2, 0.25) is 0 Å². The van der Waals surface area contributed by atoms with E-state index in [1.54, 1.807) is 0 Å². The van der Waals surface area contributed by atoms with E-state index in [2.05, 4.69) is 9.88 Å². The summed E-state index contributed by atoms with van der Waals surface area (Å²) >= 11 is 2.42. The number of hydrogen-bond acceptors (Lipinski definition) is 10. The lowest BCUT2D eigenvalue weighted by Gasteiger charge is -2.28. The maximum absolute atomic E-state index is 12.8. The molecule has 2 N–H and O–H groups in total. The minimum atomic E-state index is -0.629. The van der Waals surface area contributed by atoms with Gasteiger partial charge in [0.25, 0.3) is 0 Å². The van der Waals surface area contributed by atoms with Crippen molar-refractivity contribution < 1.29 is 19.1 Å². The van der Waals surface area contributed by atoms with Crippen LogP contribution in [0.1, 0.15) is 70.5 Å². The lowest BCUT2D eigenvalue weighted by atomic mass is 10.1. The number of nitrogens with two attached hydrogens (primary N) is 1. The van der Waals surface area contributed by atoms with Gasteiger partial charge in [0.05, 0.1) is 16.8 Å². The van der Waals surface area contributed by atoms with E-state index in [0.29, 0.717) is 31.8 Å². The summed E-state index contributed by atoms with van der Waals surface area (Å²) in [7, 11) is 0. The molecule has 32 heavy (non-hydrogen) atoms. The normalized spacial score (nSPS) is 15.1. The highest BCUT2D eigenvalue weighted by Crippen LogP contribution is 2.40. The first-order valence-electron chi connectivity index (χ1n) is 10.8. The second-order valence-corrected chi connectivity index (χ2v) is 11.7. The van der Waals surface area contributed by atoms with E-state index in [9.17, 15) is 9.59 Å². The van der Waals surface area contributed by atoms with Gasteiger partial charge in [-0.2, -0.15) is 0 Å². The summed E-state index contributed by atoms with van der Waals surface area (Å²) in [4.78, 5) is 37.4. The van der Waals surface area contributed by atoms with Crippen molar-refractivity contribution in [1.82, 2.24) is 9.97 Å². The summed E-state index contributed by atoms with van der Waals surface area (Å²) in [6, 6.07) is 0. The number of rotatable bonds is 5. The van der Waals surface area contributed by atoms with Crippen molar-refractivity contribution in [2.24, 2.45) is 0 Å². The van der Waals surface area contributed by atoms with E-state index >= 15 is 0 Å². The van der Waals surface area contributed by atoms with Gasteiger partial charge in [0.1, 0.15) is 26.7 Å². The summed E-state index contributed by atoms with van der Waals surface area (Å²) < 4.78 is 10.9. The minimum absolute atomic E-state index is 0.0992. The lowest BCUT2D eigenvalue weighted by Crippen LogP contribution is -2.30. The second kappa shape index (κ2) is 9.43. The monoisotopic (exact) mass is 480 g/mol. The molecule has 2 aromatic heterocycles. The van der Waals surface area contributed by atoms with Crippen molar-refractivity contribution in [3.8, 4) is 0 Å². The highest BCUT2D eigenvalue weighted by atomic mass is 32.2. The van der Waals surface area contributed by atoms with Crippen LogP contribution in [0.4, 0.5) is 11.5 Å². The standard InChI is InChI=1S/C22H32N4O4S2/c1-21(2,3)29-13(27)12-31-20-24-17(26-10-8-7-9-11-26)14-15(23)16(32-18(14)25-20)19(28)30-22(4,5)6/h7-12,23H2,1-6H3. The van der Waals surface area contributed by atoms with Crippen LogP contribution in [0.15, 0.2) is 5.16 Å². The molecule has 0 bridgehead atoms. The second-order valence-electron chi connectivity index (χ2n) is 9.78. The Morgan fingerprint density at radius 3 is 2.25 bits per heavy atom. The number of aromatic nitrogens is 2. The molecule has 0 unspecified atom stereocenters. The number of nitrogen functional groups attached to an aromatic ring is 1. The number of carbonyl (C=O) groups is 2. The number of hydrogen-bond donors (Lipinski definition) is 1. The number of esters is 2. The number of fused-ring (bicyclic) bond motifs is 1. The Kier molecular flexibility index (Phi) is 7.24. The minimum Gasteiger partial charge on any atom is -0.459 e. The molecule has 176 valence electrons. The Labute approximate surface area is 197 Å². The topological polar surface area (TPSA) is 108 Å². The van der Waals surface area contributed by atoms with Crippen LogP contribution in [0, 0.1) is 0 Å². The summed E-state index contributed by atoms with van der Waals surface area (Å²) in [5, 5.41) is 1.14. The van der Waals surface area contributed by atoms with E-state index in [-0.39, 0.29) is 11.7 Å². The van der Waals surface area contributed by atoms with Crippen LogP contribution in [0.5, 0.6) is 0 Å². The Morgan fingerprint density at radius 2 is 1.66 bits per heavy atom. The Bertz CT molecular complexity index is 1000. The van der Waals surface area contributed by atoms with Gasteiger partial charge < -0.3 is 20.1 Å². The van der Waals surface area contributed by atoms with Gasteiger partial charge in [-0.15, -0.1) is 11.3 Å². The van der Waals surface area contributed by atoms with E-state index in [4.69, 9.17) is 20.2 Å². The number of anilines is 2. The van der Waals surface area contributed by atoms with Crippen LogP contribution in [0.25, 0.3) is 10.2 Å². The predicted molar refractivity (Wildman–Crippen MR) is 130 cm³/mol. The molecule has 0 spiro atoms. The van der Waals surface area contributed by atoms with Crippen molar-refractivity contribution >= 4 is 56.8 Å². The maximum atomic E-state index is 12.8. The lowest BCUT2D eigenvalue weighted by molar-refractivity contribution is -0.151. The number of piperidine rings is 1. The molecule has 0 radical (unpaired) electrons. The van der Waals surface area contributed by atoms with Gasteiger partial charge in [-0.3, -0.25) is 4.79 Å².